The van der Waals surface area contributed by atoms with Gasteiger partial charge >= 0.3 is 0 Å². The van der Waals surface area contributed by atoms with E-state index in [-0.39, 0.29) is 25.6 Å². The fourth-order valence-electron chi connectivity index (χ4n) is 1.19. The van der Waals surface area contributed by atoms with E-state index in [9.17, 15) is 8.78 Å². The zero-order valence-corrected chi connectivity index (χ0v) is 8.55. The molecule has 7 heteroatoms. The molecule has 1 rings (SSSR count). The van der Waals surface area contributed by atoms with E-state index in [1.54, 1.807) is 0 Å². The molecule has 16 heavy (non-hydrogen) atoms. The molecule has 90 valence electrons. The lowest BCUT2D eigenvalue weighted by atomic mass is 10.3. The minimum atomic E-state index is -2.51. The molecule has 0 atom stereocenters. The average molecular weight is 233 g/mol. The number of rotatable bonds is 6. The smallest absolute Gasteiger partial charge is 0.255 e. The third-order valence-electron chi connectivity index (χ3n) is 1.92. The fourth-order valence-corrected chi connectivity index (χ4v) is 1.19. The summed E-state index contributed by atoms with van der Waals surface area (Å²) in [7, 11) is 0. The van der Waals surface area contributed by atoms with Crippen molar-refractivity contribution < 1.29 is 19.0 Å². The van der Waals surface area contributed by atoms with Gasteiger partial charge in [0.25, 0.3) is 6.43 Å². The third kappa shape index (κ3) is 3.67. The molecule has 2 N–H and O–H groups in total. The van der Waals surface area contributed by atoms with Crippen LogP contribution in [0.2, 0.25) is 0 Å². The largest absolute Gasteiger partial charge is 0.395 e. The average Bonchev–Trinajstić information content (AvgIpc) is 2.28. The van der Waals surface area contributed by atoms with Gasteiger partial charge in [0.05, 0.1) is 25.5 Å². The Kier molecular flexibility index (Phi) is 5.00. The maximum Gasteiger partial charge on any atom is 0.255 e. The Labute approximate surface area is 91.3 Å². The van der Waals surface area contributed by atoms with Gasteiger partial charge in [0, 0.05) is 6.54 Å². The molecule has 0 amide bonds. The van der Waals surface area contributed by atoms with Crippen molar-refractivity contribution >= 4 is 5.82 Å². The molecule has 0 saturated heterocycles. The summed E-state index contributed by atoms with van der Waals surface area (Å²) in [5, 5.41) is 24.8. The van der Waals surface area contributed by atoms with E-state index in [1.807, 2.05) is 0 Å². The van der Waals surface area contributed by atoms with Crippen molar-refractivity contribution in [1.82, 2.24) is 10.2 Å². The number of halogens is 2. The van der Waals surface area contributed by atoms with Gasteiger partial charge in [-0.05, 0) is 12.1 Å². The minimum absolute atomic E-state index is 0.0670. The van der Waals surface area contributed by atoms with Crippen molar-refractivity contribution in [3.8, 4) is 0 Å². The molecule has 1 aromatic heterocycles. The lowest BCUT2D eigenvalue weighted by Gasteiger charge is -2.21. The van der Waals surface area contributed by atoms with Crippen LogP contribution < -0.4 is 4.90 Å². The molecule has 0 unspecified atom stereocenters. The van der Waals surface area contributed by atoms with Crippen LogP contribution in [0.25, 0.3) is 0 Å². The number of hydrogen-bond donors (Lipinski definition) is 2. The lowest BCUT2D eigenvalue weighted by Crippen LogP contribution is -2.32. The molecule has 0 radical (unpaired) electrons. The molecule has 0 aliphatic carbocycles. The molecule has 0 fully saturated rings. The summed E-state index contributed by atoms with van der Waals surface area (Å²) in [5.41, 5.74) is 0.366. The molecule has 0 aliphatic heterocycles. The van der Waals surface area contributed by atoms with E-state index in [0.29, 0.717) is 5.69 Å². The van der Waals surface area contributed by atoms with Gasteiger partial charge in [-0.3, -0.25) is 0 Å². The van der Waals surface area contributed by atoms with Crippen LogP contribution in [0, 0.1) is 0 Å². The first-order valence-electron chi connectivity index (χ1n) is 4.74. The summed E-state index contributed by atoms with van der Waals surface area (Å²) in [6.07, 6.45) is -2.51. The van der Waals surface area contributed by atoms with E-state index < -0.39 is 13.0 Å². The number of anilines is 1. The first-order chi connectivity index (χ1) is 7.67. The number of aromatic nitrogens is 2. The zero-order valence-electron chi connectivity index (χ0n) is 8.55. The Morgan fingerprint density at radius 1 is 1.25 bits per heavy atom. The molecule has 0 spiro atoms. The minimum Gasteiger partial charge on any atom is -0.395 e. The zero-order chi connectivity index (χ0) is 12.0. The lowest BCUT2D eigenvalue weighted by molar-refractivity contribution is 0.152. The van der Waals surface area contributed by atoms with Gasteiger partial charge in [0.15, 0.2) is 5.82 Å². The molecule has 1 aromatic rings. The molecular formula is C9H13F2N3O2. The van der Waals surface area contributed by atoms with E-state index in [1.165, 1.54) is 17.0 Å². The van der Waals surface area contributed by atoms with Crippen molar-refractivity contribution in [2.24, 2.45) is 0 Å². The highest BCUT2D eigenvalue weighted by Crippen LogP contribution is 2.11. The van der Waals surface area contributed by atoms with Crippen molar-refractivity contribution in [3.63, 3.8) is 0 Å². The van der Waals surface area contributed by atoms with E-state index in [2.05, 4.69) is 10.2 Å². The first kappa shape index (κ1) is 12.7. The number of alkyl halides is 2. The van der Waals surface area contributed by atoms with Crippen LogP contribution in [0.15, 0.2) is 12.1 Å². The molecule has 0 aromatic carbocycles. The molecular weight excluding hydrogens is 220 g/mol. The van der Waals surface area contributed by atoms with Crippen LogP contribution in [0.5, 0.6) is 0 Å². The van der Waals surface area contributed by atoms with Gasteiger partial charge in [0.2, 0.25) is 0 Å². The Balaban J connectivity index is 2.75. The van der Waals surface area contributed by atoms with Crippen LogP contribution in [0.3, 0.4) is 0 Å². The Bertz CT molecular complexity index is 308. The second-order valence-corrected chi connectivity index (χ2v) is 3.10. The highest BCUT2D eigenvalue weighted by atomic mass is 19.3. The van der Waals surface area contributed by atoms with Crippen molar-refractivity contribution in [2.75, 3.05) is 24.6 Å². The second-order valence-electron chi connectivity index (χ2n) is 3.10. The van der Waals surface area contributed by atoms with Crippen LogP contribution in [0.4, 0.5) is 14.6 Å². The fraction of sp³-hybridized carbons (Fsp3) is 0.556. The summed E-state index contributed by atoms with van der Waals surface area (Å²) in [4.78, 5) is 1.23. The molecule has 5 nitrogen and oxygen atoms in total. The van der Waals surface area contributed by atoms with Crippen LogP contribution >= 0.6 is 0 Å². The Morgan fingerprint density at radius 3 is 2.44 bits per heavy atom. The van der Waals surface area contributed by atoms with Crippen LogP contribution in [0.1, 0.15) is 5.69 Å². The van der Waals surface area contributed by atoms with Crippen LogP contribution in [-0.2, 0) is 6.61 Å². The first-order valence-corrected chi connectivity index (χ1v) is 4.74. The molecule has 0 bridgehead atoms. The van der Waals surface area contributed by atoms with Gasteiger partial charge in [-0.1, -0.05) is 0 Å². The number of nitrogens with zero attached hydrogens (tertiary/aromatic N) is 3. The maximum atomic E-state index is 12.2. The van der Waals surface area contributed by atoms with E-state index in [0.717, 1.165) is 0 Å². The van der Waals surface area contributed by atoms with Gasteiger partial charge in [-0.15, -0.1) is 5.10 Å². The van der Waals surface area contributed by atoms with Crippen molar-refractivity contribution in [3.05, 3.63) is 17.8 Å². The normalized spacial score (nSPS) is 10.8. The summed E-state index contributed by atoms with van der Waals surface area (Å²) in [6, 6.07) is 2.98. The van der Waals surface area contributed by atoms with Gasteiger partial charge < -0.3 is 15.1 Å². The molecule has 1 heterocycles. The van der Waals surface area contributed by atoms with Crippen LogP contribution in [-0.4, -0.2) is 46.5 Å². The Morgan fingerprint density at radius 2 is 2.00 bits per heavy atom. The van der Waals surface area contributed by atoms with Crippen molar-refractivity contribution in [2.45, 2.75) is 13.0 Å². The molecule has 0 saturated carbocycles. The summed E-state index contributed by atoms with van der Waals surface area (Å²) in [6.45, 7) is -0.927. The summed E-state index contributed by atoms with van der Waals surface area (Å²) >= 11 is 0. The van der Waals surface area contributed by atoms with E-state index >= 15 is 0 Å². The monoisotopic (exact) mass is 233 g/mol. The summed E-state index contributed by atoms with van der Waals surface area (Å²) < 4.78 is 24.5. The van der Waals surface area contributed by atoms with Gasteiger partial charge in [-0.25, -0.2) is 8.78 Å². The summed E-state index contributed by atoms with van der Waals surface area (Å²) in [5.74, 6) is 0.256. The number of aliphatic hydroxyl groups excluding tert-OH is 2. The Hall–Kier alpha value is -1.34. The quantitative estimate of drug-likeness (QED) is 0.725. The number of aliphatic hydroxyl groups is 2. The third-order valence-corrected chi connectivity index (χ3v) is 1.92. The van der Waals surface area contributed by atoms with Gasteiger partial charge in [0.1, 0.15) is 0 Å². The second kappa shape index (κ2) is 6.29. The highest BCUT2D eigenvalue weighted by molar-refractivity contribution is 5.37. The predicted octanol–water partition coefficient (Wildman–Crippen LogP) is 0.0327. The van der Waals surface area contributed by atoms with E-state index in [4.69, 9.17) is 10.2 Å². The topological polar surface area (TPSA) is 69.5 Å². The highest BCUT2D eigenvalue weighted by Gasteiger charge is 2.13. The maximum absolute atomic E-state index is 12.2. The number of hydrogen-bond acceptors (Lipinski definition) is 5. The predicted molar refractivity (Wildman–Crippen MR) is 53.3 cm³/mol. The SMILES string of the molecule is OCCN(CC(F)F)c1ccc(CO)nn1. The van der Waals surface area contributed by atoms with Crippen molar-refractivity contribution in [1.29, 1.82) is 0 Å². The van der Waals surface area contributed by atoms with Gasteiger partial charge in [-0.2, -0.15) is 5.10 Å². The standard InChI is InChI=1S/C9H13F2N3O2/c10-8(11)5-14(3-4-15)9-2-1-7(6-16)12-13-9/h1-2,8,15-16H,3-6H2. The molecule has 0 aliphatic rings.